The van der Waals surface area contributed by atoms with E-state index in [0.717, 1.165) is 17.3 Å². The molecule has 0 aromatic heterocycles. The fraction of sp³-hybridized carbons (Fsp3) is 0.333. The van der Waals surface area contributed by atoms with Gasteiger partial charge in [0, 0.05) is 5.33 Å². The summed E-state index contributed by atoms with van der Waals surface area (Å²) < 4.78 is 5.00. The van der Waals surface area contributed by atoms with E-state index in [1.807, 2.05) is 0 Å². The predicted octanol–water partition coefficient (Wildman–Crippen LogP) is 2.64. The quantitative estimate of drug-likeness (QED) is 0.516. The van der Waals surface area contributed by atoms with Crippen molar-refractivity contribution in [3.63, 3.8) is 0 Å². The molecule has 0 bridgehead atoms. The zero-order valence-electron chi connectivity index (χ0n) is 9.40. The second-order valence-corrected chi connectivity index (χ2v) is 4.36. The number of aromatic carboxylic acids is 1. The van der Waals surface area contributed by atoms with Gasteiger partial charge in [0.1, 0.15) is 0 Å². The second-order valence-electron chi connectivity index (χ2n) is 3.57. The number of aryl methyl sites for hydroxylation is 1. The highest BCUT2D eigenvalue weighted by molar-refractivity contribution is 9.09. The average molecular weight is 301 g/mol. The molecule has 4 nitrogen and oxygen atoms in total. The van der Waals surface area contributed by atoms with Crippen molar-refractivity contribution in [3.05, 3.63) is 34.9 Å². The zero-order valence-corrected chi connectivity index (χ0v) is 11.0. The maximum Gasteiger partial charge on any atom is 0.338 e. The highest BCUT2D eigenvalue weighted by Crippen LogP contribution is 2.11. The van der Waals surface area contributed by atoms with Gasteiger partial charge in [0.05, 0.1) is 17.7 Å². The van der Waals surface area contributed by atoms with Crippen LogP contribution >= 0.6 is 15.9 Å². The molecule has 0 amide bonds. The van der Waals surface area contributed by atoms with Gasteiger partial charge in [-0.25, -0.2) is 9.59 Å². The van der Waals surface area contributed by atoms with Crippen LogP contribution in [0.2, 0.25) is 0 Å². The number of carboxylic acid groups (broad SMARTS) is 1. The van der Waals surface area contributed by atoms with E-state index in [-0.39, 0.29) is 11.1 Å². The summed E-state index contributed by atoms with van der Waals surface area (Å²) in [6.07, 6.45) is 0.726. The molecule has 5 heteroatoms. The largest absolute Gasteiger partial charge is 0.478 e. The van der Waals surface area contributed by atoms with Crippen LogP contribution in [0, 0.1) is 6.92 Å². The van der Waals surface area contributed by atoms with Crippen molar-refractivity contribution in [2.45, 2.75) is 13.3 Å². The second kappa shape index (κ2) is 6.39. The first-order valence-corrected chi connectivity index (χ1v) is 6.25. The molecule has 92 valence electrons. The van der Waals surface area contributed by atoms with E-state index in [4.69, 9.17) is 9.84 Å². The predicted molar refractivity (Wildman–Crippen MR) is 66.8 cm³/mol. The minimum Gasteiger partial charge on any atom is -0.478 e. The van der Waals surface area contributed by atoms with Crippen molar-refractivity contribution >= 4 is 27.9 Å². The SMILES string of the molecule is Cc1cc(C(=O)O)cc(C(=O)OCCCBr)c1. The Balaban J connectivity index is 2.82. The Kier molecular flexibility index (Phi) is 5.15. The third-order valence-corrected chi connectivity index (χ3v) is 2.63. The van der Waals surface area contributed by atoms with Crippen molar-refractivity contribution in [3.8, 4) is 0 Å². The van der Waals surface area contributed by atoms with Crippen LogP contribution in [-0.2, 0) is 4.74 Å². The number of benzene rings is 1. The van der Waals surface area contributed by atoms with E-state index < -0.39 is 11.9 Å². The van der Waals surface area contributed by atoms with Crippen LogP contribution in [0.3, 0.4) is 0 Å². The van der Waals surface area contributed by atoms with Crippen LogP contribution in [0.4, 0.5) is 0 Å². The Bertz CT molecular complexity index is 429. The minimum atomic E-state index is -1.05. The van der Waals surface area contributed by atoms with Gasteiger partial charge in [-0.05, 0) is 37.1 Å². The monoisotopic (exact) mass is 300 g/mol. The first-order chi connectivity index (χ1) is 8.04. The molecule has 0 aliphatic heterocycles. The van der Waals surface area contributed by atoms with E-state index in [2.05, 4.69) is 15.9 Å². The summed E-state index contributed by atoms with van der Waals surface area (Å²) in [6.45, 7) is 2.06. The third kappa shape index (κ3) is 4.19. The first kappa shape index (κ1) is 13.7. The lowest BCUT2D eigenvalue weighted by Gasteiger charge is -2.05. The highest BCUT2D eigenvalue weighted by Gasteiger charge is 2.11. The fourth-order valence-corrected chi connectivity index (χ4v) is 1.56. The molecule has 0 heterocycles. The molecule has 1 aromatic rings. The molecule has 0 radical (unpaired) electrons. The van der Waals surface area contributed by atoms with Gasteiger partial charge in [-0.15, -0.1) is 0 Å². The molecule has 1 aromatic carbocycles. The van der Waals surface area contributed by atoms with Gasteiger partial charge in [0.2, 0.25) is 0 Å². The molecule has 0 unspecified atom stereocenters. The lowest BCUT2D eigenvalue weighted by atomic mass is 10.1. The van der Waals surface area contributed by atoms with E-state index >= 15 is 0 Å². The number of carbonyl (C=O) groups excluding carboxylic acids is 1. The van der Waals surface area contributed by atoms with Gasteiger partial charge in [0.15, 0.2) is 0 Å². The Morgan fingerprint density at radius 2 is 1.94 bits per heavy atom. The maximum atomic E-state index is 11.6. The number of carboxylic acids is 1. The van der Waals surface area contributed by atoms with Crippen molar-refractivity contribution in [1.82, 2.24) is 0 Å². The van der Waals surface area contributed by atoms with Gasteiger partial charge in [-0.3, -0.25) is 0 Å². The molecule has 0 aliphatic rings. The van der Waals surface area contributed by atoms with Crippen molar-refractivity contribution < 1.29 is 19.4 Å². The normalized spacial score (nSPS) is 10.0. The Labute approximate surface area is 108 Å². The molecule has 0 atom stereocenters. The standard InChI is InChI=1S/C12H13BrO4/c1-8-5-9(11(14)15)7-10(6-8)12(16)17-4-2-3-13/h5-7H,2-4H2,1H3,(H,14,15). The smallest absolute Gasteiger partial charge is 0.338 e. The lowest BCUT2D eigenvalue weighted by Crippen LogP contribution is -2.09. The number of halogens is 1. The van der Waals surface area contributed by atoms with E-state index in [1.54, 1.807) is 13.0 Å². The molecule has 0 fully saturated rings. The maximum absolute atomic E-state index is 11.6. The topological polar surface area (TPSA) is 63.6 Å². The zero-order chi connectivity index (χ0) is 12.8. The molecule has 0 aliphatic carbocycles. The van der Waals surface area contributed by atoms with E-state index in [1.165, 1.54) is 12.1 Å². The molecule has 0 saturated carbocycles. The Hall–Kier alpha value is -1.36. The number of carbonyl (C=O) groups is 2. The first-order valence-electron chi connectivity index (χ1n) is 5.12. The number of hydrogen-bond acceptors (Lipinski definition) is 3. The Morgan fingerprint density at radius 1 is 1.29 bits per heavy atom. The third-order valence-electron chi connectivity index (χ3n) is 2.07. The van der Waals surface area contributed by atoms with Crippen LogP contribution in [-0.4, -0.2) is 29.0 Å². The van der Waals surface area contributed by atoms with Crippen LogP contribution in [0.15, 0.2) is 18.2 Å². The van der Waals surface area contributed by atoms with Gasteiger partial charge in [-0.2, -0.15) is 0 Å². The summed E-state index contributed by atoms with van der Waals surface area (Å²) in [5.41, 5.74) is 1.09. The summed E-state index contributed by atoms with van der Waals surface area (Å²) in [5, 5.41) is 9.63. The van der Waals surface area contributed by atoms with E-state index in [0.29, 0.717) is 6.61 Å². The van der Waals surface area contributed by atoms with Crippen molar-refractivity contribution in [2.24, 2.45) is 0 Å². The molecule has 17 heavy (non-hydrogen) atoms. The van der Waals surface area contributed by atoms with Crippen molar-refractivity contribution in [1.29, 1.82) is 0 Å². The van der Waals surface area contributed by atoms with Gasteiger partial charge in [0.25, 0.3) is 0 Å². The molecule has 1 rings (SSSR count). The summed E-state index contributed by atoms with van der Waals surface area (Å²) in [7, 11) is 0. The molecule has 1 N–H and O–H groups in total. The van der Waals surface area contributed by atoms with Crippen LogP contribution in [0.1, 0.15) is 32.7 Å². The van der Waals surface area contributed by atoms with Gasteiger partial charge >= 0.3 is 11.9 Å². The fourth-order valence-electron chi connectivity index (χ4n) is 1.33. The number of rotatable bonds is 5. The summed E-state index contributed by atoms with van der Waals surface area (Å²) in [6, 6.07) is 4.45. The summed E-state index contributed by atoms with van der Waals surface area (Å²) in [4.78, 5) is 22.4. The molecule has 0 saturated heterocycles. The molecular weight excluding hydrogens is 288 g/mol. The number of ether oxygens (including phenoxy) is 1. The number of esters is 1. The van der Waals surface area contributed by atoms with Gasteiger partial charge in [-0.1, -0.05) is 15.9 Å². The van der Waals surface area contributed by atoms with Gasteiger partial charge < -0.3 is 9.84 Å². The lowest BCUT2D eigenvalue weighted by molar-refractivity contribution is 0.0506. The molecule has 0 spiro atoms. The van der Waals surface area contributed by atoms with E-state index in [9.17, 15) is 9.59 Å². The van der Waals surface area contributed by atoms with Crippen LogP contribution in [0.25, 0.3) is 0 Å². The minimum absolute atomic E-state index is 0.0949. The summed E-state index contributed by atoms with van der Waals surface area (Å²) >= 11 is 3.23. The number of alkyl halides is 1. The average Bonchev–Trinajstić information content (AvgIpc) is 2.28. The van der Waals surface area contributed by atoms with Crippen molar-refractivity contribution in [2.75, 3.05) is 11.9 Å². The summed E-state index contributed by atoms with van der Waals surface area (Å²) in [5.74, 6) is -1.54. The molecular formula is C12H13BrO4. The number of hydrogen-bond donors (Lipinski definition) is 1. The van der Waals surface area contributed by atoms with Crippen LogP contribution < -0.4 is 0 Å². The van der Waals surface area contributed by atoms with Crippen LogP contribution in [0.5, 0.6) is 0 Å². The Morgan fingerprint density at radius 3 is 2.53 bits per heavy atom. The highest BCUT2D eigenvalue weighted by atomic mass is 79.9.